The van der Waals surface area contributed by atoms with Crippen molar-refractivity contribution >= 4 is 24.0 Å². The van der Waals surface area contributed by atoms with Crippen LogP contribution in [0.15, 0.2) is 24.3 Å². The number of nitro benzene ring substituents is 1. The molecule has 0 aromatic heterocycles. The van der Waals surface area contributed by atoms with Crippen LogP contribution in [-0.4, -0.2) is 23.4 Å². The van der Waals surface area contributed by atoms with Crippen LogP contribution in [-0.2, 0) is 11.2 Å². The number of hydrogen-bond donors (Lipinski definition) is 2. The first kappa shape index (κ1) is 17.4. The van der Waals surface area contributed by atoms with E-state index in [-0.39, 0.29) is 36.5 Å². The van der Waals surface area contributed by atoms with Gasteiger partial charge in [0, 0.05) is 18.2 Å². The lowest BCUT2D eigenvalue weighted by molar-refractivity contribution is -0.384. The van der Waals surface area contributed by atoms with Crippen molar-refractivity contribution in [3.05, 3.63) is 39.9 Å². The van der Waals surface area contributed by atoms with Crippen molar-refractivity contribution < 1.29 is 9.72 Å². The van der Waals surface area contributed by atoms with Gasteiger partial charge in [-0.1, -0.05) is 18.6 Å². The van der Waals surface area contributed by atoms with E-state index in [0.717, 1.165) is 19.3 Å². The first-order chi connectivity index (χ1) is 9.60. The molecule has 7 heteroatoms. The fourth-order valence-corrected chi connectivity index (χ4v) is 2.73. The van der Waals surface area contributed by atoms with Gasteiger partial charge in [0.15, 0.2) is 0 Å². The number of hydrogen-bond acceptors (Lipinski definition) is 4. The molecule has 6 nitrogen and oxygen atoms in total. The number of carbonyl (C=O) groups excluding carboxylic acids is 1. The second-order valence-corrected chi connectivity index (χ2v) is 5.20. The van der Waals surface area contributed by atoms with E-state index < -0.39 is 4.92 Å². The highest BCUT2D eigenvalue weighted by Gasteiger charge is 2.27. The van der Waals surface area contributed by atoms with Gasteiger partial charge in [0.2, 0.25) is 5.91 Å². The summed E-state index contributed by atoms with van der Waals surface area (Å²) < 4.78 is 0. The number of benzene rings is 1. The number of nitrogens with one attached hydrogen (secondary N) is 1. The van der Waals surface area contributed by atoms with Gasteiger partial charge >= 0.3 is 0 Å². The number of non-ortho nitro benzene ring substituents is 1. The molecule has 1 aliphatic carbocycles. The van der Waals surface area contributed by atoms with Crippen LogP contribution in [0.2, 0.25) is 0 Å². The summed E-state index contributed by atoms with van der Waals surface area (Å²) >= 11 is 0. The summed E-state index contributed by atoms with van der Waals surface area (Å²) in [7, 11) is 0. The summed E-state index contributed by atoms with van der Waals surface area (Å²) in [6, 6.07) is 6.32. The highest BCUT2D eigenvalue weighted by Crippen LogP contribution is 2.24. The fourth-order valence-electron chi connectivity index (χ4n) is 2.73. The fraction of sp³-hybridized carbons (Fsp3) is 0.500. The molecule has 1 aromatic rings. The lowest BCUT2D eigenvalue weighted by Gasteiger charge is -2.19. The Morgan fingerprint density at radius 3 is 2.86 bits per heavy atom. The molecule has 0 radical (unpaired) electrons. The molecule has 2 rings (SSSR count). The van der Waals surface area contributed by atoms with E-state index in [0.29, 0.717) is 18.0 Å². The Balaban J connectivity index is 0.00000220. The van der Waals surface area contributed by atoms with E-state index in [1.54, 1.807) is 12.1 Å². The van der Waals surface area contributed by atoms with E-state index in [4.69, 9.17) is 5.73 Å². The standard InChI is InChI=1S/C14H19N3O3.ClH/c15-9-11-4-2-6-13(11)16-14(18)8-10-3-1-5-12(7-10)17(19)20;/h1,3,5,7,11,13H,2,4,6,8-9,15H2,(H,16,18);1H. The van der Waals surface area contributed by atoms with Gasteiger partial charge in [-0.15, -0.1) is 12.4 Å². The van der Waals surface area contributed by atoms with Gasteiger partial charge in [-0.3, -0.25) is 14.9 Å². The number of halogens is 1. The smallest absolute Gasteiger partial charge is 0.269 e. The molecule has 1 fully saturated rings. The molecule has 1 amide bonds. The van der Waals surface area contributed by atoms with Crippen molar-refractivity contribution in [3.63, 3.8) is 0 Å². The SMILES string of the molecule is Cl.NCC1CCCC1NC(=O)Cc1cccc([N+](=O)[O-])c1. The summed E-state index contributed by atoms with van der Waals surface area (Å²) in [6.07, 6.45) is 3.26. The van der Waals surface area contributed by atoms with E-state index >= 15 is 0 Å². The number of amides is 1. The second kappa shape index (κ2) is 7.95. The topological polar surface area (TPSA) is 98.3 Å². The van der Waals surface area contributed by atoms with Crippen molar-refractivity contribution in [2.75, 3.05) is 6.54 Å². The third-order valence-electron chi connectivity index (χ3n) is 3.79. The maximum absolute atomic E-state index is 12.0. The molecule has 1 aromatic carbocycles. The second-order valence-electron chi connectivity index (χ2n) is 5.20. The molecule has 3 N–H and O–H groups in total. The van der Waals surface area contributed by atoms with Crippen LogP contribution in [0.1, 0.15) is 24.8 Å². The Kier molecular flexibility index (Phi) is 6.58. The van der Waals surface area contributed by atoms with Crippen molar-refractivity contribution in [1.82, 2.24) is 5.32 Å². The summed E-state index contributed by atoms with van der Waals surface area (Å²) in [4.78, 5) is 22.2. The van der Waals surface area contributed by atoms with Gasteiger partial charge in [0.25, 0.3) is 5.69 Å². The van der Waals surface area contributed by atoms with E-state index in [1.165, 1.54) is 12.1 Å². The Morgan fingerprint density at radius 2 is 2.19 bits per heavy atom. The Morgan fingerprint density at radius 1 is 1.43 bits per heavy atom. The summed E-state index contributed by atoms with van der Waals surface area (Å²) in [5.74, 6) is 0.250. The number of rotatable bonds is 5. The van der Waals surface area contributed by atoms with E-state index in [2.05, 4.69) is 5.32 Å². The average molecular weight is 314 g/mol. The molecule has 0 spiro atoms. The molecule has 0 bridgehead atoms. The molecule has 2 atom stereocenters. The third kappa shape index (κ3) is 4.68. The lowest BCUT2D eigenvalue weighted by Crippen LogP contribution is -2.40. The molecule has 0 heterocycles. The number of nitrogens with two attached hydrogens (primary N) is 1. The van der Waals surface area contributed by atoms with Crippen LogP contribution in [0, 0.1) is 16.0 Å². The minimum atomic E-state index is -0.456. The highest BCUT2D eigenvalue weighted by atomic mass is 35.5. The minimum Gasteiger partial charge on any atom is -0.353 e. The Labute approximate surface area is 129 Å². The Hall–Kier alpha value is -1.66. The minimum absolute atomic E-state index is 0. The maximum atomic E-state index is 12.0. The molecule has 0 saturated heterocycles. The molecular formula is C14H20ClN3O3. The van der Waals surface area contributed by atoms with Crippen molar-refractivity contribution in [1.29, 1.82) is 0 Å². The van der Waals surface area contributed by atoms with Crippen LogP contribution in [0.4, 0.5) is 5.69 Å². The molecule has 2 unspecified atom stereocenters. The van der Waals surface area contributed by atoms with Gasteiger partial charge in [-0.25, -0.2) is 0 Å². The van der Waals surface area contributed by atoms with Crippen molar-refractivity contribution in [2.24, 2.45) is 11.7 Å². The van der Waals surface area contributed by atoms with Gasteiger partial charge in [-0.2, -0.15) is 0 Å². The zero-order chi connectivity index (χ0) is 14.5. The largest absolute Gasteiger partial charge is 0.353 e. The zero-order valence-electron chi connectivity index (χ0n) is 11.7. The summed E-state index contributed by atoms with van der Waals surface area (Å²) in [5, 5.41) is 13.7. The summed E-state index contributed by atoms with van der Waals surface area (Å²) in [5.41, 5.74) is 6.34. The van der Waals surface area contributed by atoms with Crippen molar-refractivity contribution in [3.8, 4) is 0 Å². The van der Waals surface area contributed by atoms with E-state index in [1.807, 2.05) is 0 Å². The van der Waals surface area contributed by atoms with Crippen LogP contribution < -0.4 is 11.1 Å². The predicted molar refractivity (Wildman–Crippen MR) is 82.4 cm³/mol. The van der Waals surface area contributed by atoms with Crippen LogP contribution in [0.25, 0.3) is 0 Å². The first-order valence-electron chi connectivity index (χ1n) is 6.83. The summed E-state index contributed by atoms with van der Waals surface area (Å²) in [6.45, 7) is 0.585. The quantitative estimate of drug-likeness (QED) is 0.639. The molecule has 0 aliphatic heterocycles. The van der Waals surface area contributed by atoms with Crippen LogP contribution >= 0.6 is 12.4 Å². The molecule has 1 aliphatic rings. The first-order valence-corrected chi connectivity index (χ1v) is 6.83. The molecule has 116 valence electrons. The number of nitro groups is 1. The van der Waals surface area contributed by atoms with Gasteiger partial charge in [0.1, 0.15) is 0 Å². The van der Waals surface area contributed by atoms with Crippen LogP contribution in [0.5, 0.6) is 0 Å². The predicted octanol–water partition coefficient (Wildman–Crippen LogP) is 1.80. The van der Waals surface area contributed by atoms with Crippen molar-refractivity contribution in [2.45, 2.75) is 31.7 Å². The van der Waals surface area contributed by atoms with Crippen LogP contribution in [0.3, 0.4) is 0 Å². The molecular weight excluding hydrogens is 294 g/mol. The number of carbonyl (C=O) groups is 1. The molecule has 1 saturated carbocycles. The molecule has 21 heavy (non-hydrogen) atoms. The highest BCUT2D eigenvalue weighted by molar-refractivity contribution is 5.85. The van der Waals surface area contributed by atoms with Gasteiger partial charge in [-0.05, 0) is 30.9 Å². The lowest BCUT2D eigenvalue weighted by atomic mass is 10.0. The van der Waals surface area contributed by atoms with E-state index in [9.17, 15) is 14.9 Å². The monoisotopic (exact) mass is 313 g/mol. The third-order valence-corrected chi connectivity index (χ3v) is 3.79. The Bertz CT molecular complexity index is 510. The normalized spacial score (nSPS) is 20.6. The maximum Gasteiger partial charge on any atom is 0.269 e. The number of nitrogens with zero attached hydrogens (tertiary/aromatic N) is 1. The zero-order valence-corrected chi connectivity index (χ0v) is 12.5. The average Bonchev–Trinajstić information content (AvgIpc) is 2.86. The van der Waals surface area contributed by atoms with Gasteiger partial charge in [0.05, 0.1) is 11.3 Å². The van der Waals surface area contributed by atoms with Gasteiger partial charge < -0.3 is 11.1 Å².